The van der Waals surface area contributed by atoms with Crippen LogP contribution >= 0.6 is 0 Å². The van der Waals surface area contributed by atoms with Gasteiger partial charge in [-0.2, -0.15) is 0 Å². The number of halogens is 2. The number of nitrogens with two attached hydrogens (primary N) is 1. The molecular formula is C21H15F2N5O3. The highest BCUT2D eigenvalue weighted by Gasteiger charge is 2.22. The molecule has 4 rings (SSSR count). The monoisotopic (exact) mass is 423 g/mol. The number of rotatable bonds is 6. The Labute approximate surface area is 173 Å². The van der Waals surface area contributed by atoms with Crippen LogP contribution in [0.25, 0.3) is 22.8 Å². The van der Waals surface area contributed by atoms with E-state index in [2.05, 4.69) is 19.9 Å². The van der Waals surface area contributed by atoms with Crippen molar-refractivity contribution >= 4 is 11.6 Å². The van der Waals surface area contributed by atoms with Crippen LogP contribution in [-0.2, 0) is 6.42 Å². The molecule has 0 aliphatic rings. The lowest BCUT2D eigenvalue weighted by Gasteiger charge is -2.11. The van der Waals surface area contributed by atoms with E-state index < -0.39 is 17.4 Å². The first-order valence-electron chi connectivity index (χ1n) is 9.16. The van der Waals surface area contributed by atoms with Gasteiger partial charge in [0, 0.05) is 29.8 Å². The van der Waals surface area contributed by atoms with Gasteiger partial charge in [-0.1, -0.05) is 6.07 Å². The number of nitrogens with one attached hydrogen (secondary N) is 1. The van der Waals surface area contributed by atoms with Crippen LogP contribution in [0.1, 0.15) is 22.5 Å². The van der Waals surface area contributed by atoms with Crippen molar-refractivity contribution in [1.82, 2.24) is 19.9 Å². The molecule has 0 saturated carbocycles. The Morgan fingerprint density at radius 1 is 1.10 bits per heavy atom. The predicted molar refractivity (Wildman–Crippen MR) is 107 cm³/mol. The van der Waals surface area contributed by atoms with Gasteiger partial charge in [-0.05, 0) is 24.6 Å². The molecule has 0 amide bonds. The predicted octanol–water partition coefficient (Wildman–Crippen LogP) is 3.16. The molecule has 0 atom stereocenters. The van der Waals surface area contributed by atoms with Crippen molar-refractivity contribution in [2.24, 2.45) is 0 Å². The van der Waals surface area contributed by atoms with Crippen LogP contribution in [0.15, 0.2) is 58.2 Å². The topological polar surface area (TPSA) is 128 Å². The van der Waals surface area contributed by atoms with E-state index in [0.717, 1.165) is 12.1 Å². The molecule has 0 bridgehead atoms. The molecule has 0 radical (unpaired) electrons. The maximum atomic E-state index is 13.9. The van der Waals surface area contributed by atoms with Crippen LogP contribution in [0.2, 0.25) is 0 Å². The van der Waals surface area contributed by atoms with Crippen LogP contribution in [0.4, 0.5) is 14.6 Å². The first-order chi connectivity index (χ1) is 14.9. The fourth-order valence-corrected chi connectivity index (χ4v) is 3.03. The number of carbonyl (C=O) groups excluding carboxylic acids is 1. The number of oxazole rings is 1. The summed E-state index contributed by atoms with van der Waals surface area (Å²) in [5.41, 5.74) is 6.09. The van der Waals surface area contributed by atoms with Crippen LogP contribution in [0.3, 0.4) is 0 Å². The number of aromatic amines is 1. The van der Waals surface area contributed by atoms with E-state index in [-0.39, 0.29) is 52.8 Å². The van der Waals surface area contributed by atoms with Crippen molar-refractivity contribution in [3.8, 4) is 22.8 Å². The smallest absolute Gasteiger partial charge is 0.247 e. The molecule has 0 aliphatic carbocycles. The minimum Gasteiger partial charge on any atom is -0.443 e. The van der Waals surface area contributed by atoms with Crippen molar-refractivity contribution in [3.63, 3.8) is 0 Å². The number of anilines is 1. The number of nitrogen functional groups attached to an aromatic ring is 1. The Morgan fingerprint density at radius 3 is 2.52 bits per heavy atom. The Bertz CT molecular complexity index is 1280. The summed E-state index contributed by atoms with van der Waals surface area (Å²) in [6, 6.07) is 6.27. The zero-order chi connectivity index (χ0) is 22.0. The SMILES string of the molecule is Nc1nc(-c2ncco2)c(-c2ccc(=O)[nH]c2)nc1C(=O)CCc1c(F)cccc1F. The highest BCUT2D eigenvalue weighted by molar-refractivity contribution is 5.99. The second kappa shape index (κ2) is 8.27. The molecule has 3 N–H and O–H groups in total. The number of aromatic nitrogens is 4. The van der Waals surface area contributed by atoms with Crippen molar-refractivity contribution in [3.05, 3.63) is 82.2 Å². The fraction of sp³-hybridized carbons (Fsp3) is 0.0952. The van der Waals surface area contributed by atoms with Gasteiger partial charge >= 0.3 is 0 Å². The summed E-state index contributed by atoms with van der Waals surface area (Å²) < 4.78 is 33.0. The molecule has 10 heteroatoms. The van der Waals surface area contributed by atoms with Gasteiger partial charge in [-0.15, -0.1) is 0 Å². The molecule has 0 aliphatic heterocycles. The van der Waals surface area contributed by atoms with Crippen LogP contribution < -0.4 is 11.3 Å². The van der Waals surface area contributed by atoms with Gasteiger partial charge < -0.3 is 15.1 Å². The van der Waals surface area contributed by atoms with E-state index in [1.165, 1.54) is 36.9 Å². The zero-order valence-electron chi connectivity index (χ0n) is 15.9. The maximum Gasteiger partial charge on any atom is 0.247 e. The van der Waals surface area contributed by atoms with E-state index in [1.54, 1.807) is 0 Å². The molecule has 156 valence electrons. The standard InChI is InChI=1S/C21H15F2N5O3/c22-13-2-1-3-14(23)12(13)5-6-15(29)18-20(24)28-19(21-25-8-9-31-21)17(27-18)11-4-7-16(30)26-10-11/h1-4,7-10H,5-6H2,(H2,24,28)(H,26,30). The van der Waals surface area contributed by atoms with Gasteiger partial charge in [-0.25, -0.2) is 23.7 Å². The summed E-state index contributed by atoms with van der Waals surface area (Å²) in [6.07, 6.45) is 3.74. The molecule has 3 aromatic heterocycles. The third kappa shape index (κ3) is 4.08. The van der Waals surface area contributed by atoms with Crippen LogP contribution in [-0.4, -0.2) is 25.7 Å². The molecular weight excluding hydrogens is 408 g/mol. The molecule has 0 saturated heterocycles. The lowest BCUT2D eigenvalue weighted by Crippen LogP contribution is -2.13. The van der Waals surface area contributed by atoms with E-state index in [0.29, 0.717) is 5.56 Å². The largest absolute Gasteiger partial charge is 0.443 e. The average Bonchev–Trinajstić information content (AvgIpc) is 3.28. The second-order valence-electron chi connectivity index (χ2n) is 6.56. The summed E-state index contributed by atoms with van der Waals surface area (Å²) in [6.45, 7) is 0. The van der Waals surface area contributed by atoms with Crippen molar-refractivity contribution in [2.75, 3.05) is 5.73 Å². The molecule has 8 nitrogen and oxygen atoms in total. The number of H-pyrrole nitrogens is 1. The lowest BCUT2D eigenvalue weighted by atomic mass is 10.0. The van der Waals surface area contributed by atoms with Gasteiger partial charge in [0.25, 0.3) is 0 Å². The Morgan fingerprint density at radius 2 is 1.87 bits per heavy atom. The number of pyridine rings is 1. The number of benzene rings is 1. The number of nitrogens with zero attached hydrogens (tertiary/aromatic N) is 3. The molecule has 4 aromatic rings. The van der Waals surface area contributed by atoms with Gasteiger partial charge in [-0.3, -0.25) is 9.59 Å². The summed E-state index contributed by atoms with van der Waals surface area (Å²) in [5, 5.41) is 0. The number of hydrogen-bond acceptors (Lipinski definition) is 7. The molecule has 0 spiro atoms. The second-order valence-corrected chi connectivity index (χ2v) is 6.56. The van der Waals surface area contributed by atoms with Crippen molar-refractivity contribution < 1.29 is 18.0 Å². The van der Waals surface area contributed by atoms with E-state index in [4.69, 9.17) is 10.2 Å². The fourth-order valence-electron chi connectivity index (χ4n) is 3.03. The van der Waals surface area contributed by atoms with E-state index >= 15 is 0 Å². The molecule has 1 aromatic carbocycles. The zero-order valence-corrected chi connectivity index (χ0v) is 15.9. The molecule has 3 heterocycles. The quantitative estimate of drug-likeness (QED) is 0.456. The molecule has 31 heavy (non-hydrogen) atoms. The third-order valence-electron chi connectivity index (χ3n) is 4.54. The van der Waals surface area contributed by atoms with Crippen LogP contribution in [0.5, 0.6) is 0 Å². The van der Waals surface area contributed by atoms with Crippen LogP contribution in [0, 0.1) is 11.6 Å². The molecule has 0 fully saturated rings. The van der Waals surface area contributed by atoms with Crippen molar-refractivity contribution in [1.29, 1.82) is 0 Å². The Hall–Kier alpha value is -4.21. The lowest BCUT2D eigenvalue weighted by molar-refractivity contribution is 0.0978. The first kappa shape index (κ1) is 20.1. The summed E-state index contributed by atoms with van der Waals surface area (Å²) in [5.74, 6) is -2.08. The Kier molecular flexibility index (Phi) is 5.35. The number of hydrogen-bond donors (Lipinski definition) is 2. The summed E-state index contributed by atoms with van der Waals surface area (Å²) >= 11 is 0. The Balaban J connectivity index is 1.73. The first-order valence-corrected chi connectivity index (χ1v) is 9.16. The number of carbonyl (C=O) groups is 1. The summed E-state index contributed by atoms with van der Waals surface area (Å²) in [7, 11) is 0. The number of ketones is 1. The van der Waals surface area contributed by atoms with Crippen molar-refractivity contribution in [2.45, 2.75) is 12.8 Å². The van der Waals surface area contributed by atoms with Gasteiger partial charge in [0.1, 0.15) is 29.3 Å². The number of Topliss-reactive ketones (excluding diaryl/α,β-unsaturated/α-hetero) is 1. The van der Waals surface area contributed by atoms with Gasteiger partial charge in [0.2, 0.25) is 11.4 Å². The van der Waals surface area contributed by atoms with E-state index in [1.807, 2.05) is 0 Å². The maximum absolute atomic E-state index is 13.9. The highest BCUT2D eigenvalue weighted by atomic mass is 19.1. The van der Waals surface area contributed by atoms with Gasteiger partial charge in [0.15, 0.2) is 17.3 Å². The van der Waals surface area contributed by atoms with Gasteiger partial charge in [0.05, 0.1) is 6.20 Å². The third-order valence-corrected chi connectivity index (χ3v) is 4.54. The normalized spacial score (nSPS) is 10.9. The molecule has 0 unspecified atom stereocenters. The average molecular weight is 423 g/mol. The summed E-state index contributed by atoms with van der Waals surface area (Å²) in [4.78, 5) is 39.3. The van der Waals surface area contributed by atoms with E-state index in [9.17, 15) is 18.4 Å². The minimum absolute atomic E-state index is 0.118. The minimum atomic E-state index is -0.736. The highest BCUT2D eigenvalue weighted by Crippen LogP contribution is 2.29.